The summed E-state index contributed by atoms with van der Waals surface area (Å²) in [5, 5.41) is 0. The second kappa shape index (κ2) is 3.90. The van der Waals surface area contributed by atoms with E-state index in [0.717, 1.165) is 19.4 Å². The highest BCUT2D eigenvalue weighted by molar-refractivity contribution is 5.77. The molecule has 3 heteroatoms. The first-order chi connectivity index (χ1) is 5.63. The molecule has 0 aromatic carbocycles. The molecular formula is C9H18N2O. The minimum atomic E-state index is 0.0760. The van der Waals surface area contributed by atoms with Gasteiger partial charge in [0.05, 0.1) is 0 Å². The van der Waals surface area contributed by atoms with E-state index in [0.29, 0.717) is 6.42 Å². The number of hydrogen-bond acceptors (Lipinski definition) is 2. The number of likely N-dealkylation sites (tertiary alicyclic amines) is 1. The highest BCUT2D eigenvalue weighted by Gasteiger charge is 2.24. The van der Waals surface area contributed by atoms with Crippen molar-refractivity contribution in [2.45, 2.75) is 45.2 Å². The van der Waals surface area contributed by atoms with Crippen molar-refractivity contribution in [1.29, 1.82) is 0 Å². The fraction of sp³-hybridized carbons (Fsp3) is 0.889. The lowest BCUT2D eigenvalue weighted by atomic mass is 10.1. The van der Waals surface area contributed by atoms with Gasteiger partial charge in [-0.25, -0.2) is 0 Å². The lowest BCUT2D eigenvalue weighted by Crippen LogP contribution is -2.49. The third-order valence-electron chi connectivity index (χ3n) is 2.61. The Balaban J connectivity index is 2.53. The Morgan fingerprint density at radius 3 is 2.58 bits per heavy atom. The van der Waals surface area contributed by atoms with Gasteiger partial charge >= 0.3 is 0 Å². The summed E-state index contributed by atoms with van der Waals surface area (Å²) in [6.07, 6.45) is 2.88. The molecule has 3 nitrogen and oxygen atoms in total. The van der Waals surface area contributed by atoms with E-state index in [-0.39, 0.29) is 18.0 Å². The fourth-order valence-corrected chi connectivity index (χ4v) is 1.54. The van der Waals surface area contributed by atoms with E-state index in [4.69, 9.17) is 5.73 Å². The predicted octanol–water partition coefficient (Wildman–Crippen LogP) is 0.735. The van der Waals surface area contributed by atoms with Crippen LogP contribution in [0, 0.1) is 0 Å². The predicted molar refractivity (Wildman–Crippen MR) is 48.7 cm³/mol. The molecule has 0 spiro atoms. The Morgan fingerprint density at radius 1 is 1.42 bits per heavy atom. The van der Waals surface area contributed by atoms with Crippen LogP contribution in [0.15, 0.2) is 0 Å². The van der Waals surface area contributed by atoms with Gasteiger partial charge in [0.25, 0.3) is 0 Å². The molecule has 1 amide bonds. The molecule has 0 bridgehead atoms. The third-order valence-corrected chi connectivity index (χ3v) is 2.61. The maximum Gasteiger partial charge on any atom is 0.222 e. The Labute approximate surface area is 73.9 Å². The van der Waals surface area contributed by atoms with Gasteiger partial charge in [-0.3, -0.25) is 4.79 Å². The van der Waals surface area contributed by atoms with E-state index in [1.165, 1.54) is 0 Å². The quantitative estimate of drug-likeness (QED) is 0.664. The normalized spacial score (nSPS) is 23.9. The van der Waals surface area contributed by atoms with Crippen molar-refractivity contribution in [2.75, 3.05) is 6.54 Å². The lowest BCUT2D eigenvalue weighted by Gasteiger charge is -2.34. The van der Waals surface area contributed by atoms with Crippen molar-refractivity contribution < 1.29 is 4.79 Å². The molecule has 1 saturated heterocycles. The molecule has 0 radical (unpaired) electrons. The van der Waals surface area contributed by atoms with E-state index in [1.807, 2.05) is 18.7 Å². The molecule has 2 atom stereocenters. The van der Waals surface area contributed by atoms with Gasteiger partial charge < -0.3 is 10.6 Å². The van der Waals surface area contributed by atoms with Gasteiger partial charge in [0.2, 0.25) is 5.91 Å². The van der Waals surface area contributed by atoms with Crippen LogP contribution in [0.5, 0.6) is 0 Å². The molecule has 1 heterocycles. The molecule has 0 saturated carbocycles. The van der Waals surface area contributed by atoms with Crippen LogP contribution in [0.3, 0.4) is 0 Å². The number of rotatable bonds is 2. The van der Waals surface area contributed by atoms with E-state index in [2.05, 4.69) is 0 Å². The number of carbonyl (C=O) groups excluding carboxylic acids is 1. The van der Waals surface area contributed by atoms with Crippen LogP contribution in [-0.4, -0.2) is 29.4 Å². The van der Waals surface area contributed by atoms with Gasteiger partial charge in [-0.1, -0.05) is 0 Å². The third kappa shape index (κ3) is 1.97. The molecule has 2 N–H and O–H groups in total. The number of nitrogens with zero attached hydrogens (tertiary/aromatic N) is 1. The van der Waals surface area contributed by atoms with Crippen molar-refractivity contribution in [1.82, 2.24) is 4.90 Å². The zero-order chi connectivity index (χ0) is 9.14. The van der Waals surface area contributed by atoms with Crippen molar-refractivity contribution >= 4 is 5.91 Å². The minimum Gasteiger partial charge on any atom is -0.338 e. The molecule has 0 aliphatic carbocycles. The summed E-state index contributed by atoms with van der Waals surface area (Å²) in [5.74, 6) is 0.269. The van der Waals surface area contributed by atoms with Crippen LogP contribution < -0.4 is 5.73 Å². The molecule has 12 heavy (non-hydrogen) atoms. The first-order valence-corrected chi connectivity index (χ1v) is 4.68. The number of nitrogens with two attached hydrogens (primary N) is 1. The molecule has 1 fully saturated rings. The summed E-state index contributed by atoms with van der Waals surface area (Å²) in [7, 11) is 0. The van der Waals surface area contributed by atoms with Gasteiger partial charge in [-0.15, -0.1) is 0 Å². The smallest absolute Gasteiger partial charge is 0.222 e. The monoisotopic (exact) mass is 170 g/mol. The first kappa shape index (κ1) is 9.52. The van der Waals surface area contributed by atoms with Gasteiger partial charge in [0, 0.05) is 25.0 Å². The molecule has 70 valence electrons. The van der Waals surface area contributed by atoms with Gasteiger partial charge in [0.15, 0.2) is 0 Å². The van der Waals surface area contributed by atoms with Gasteiger partial charge in [-0.2, -0.15) is 0 Å². The van der Waals surface area contributed by atoms with Crippen molar-refractivity contribution in [2.24, 2.45) is 5.73 Å². The van der Waals surface area contributed by atoms with Crippen molar-refractivity contribution in [3.05, 3.63) is 0 Å². The molecule has 0 aromatic heterocycles. The van der Waals surface area contributed by atoms with Crippen LogP contribution in [0.1, 0.15) is 33.1 Å². The second-order valence-corrected chi connectivity index (χ2v) is 3.64. The molecule has 2 unspecified atom stereocenters. The zero-order valence-electron chi connectivity index (χ0n) is 7.92. The SMILES string of the molecule is CC(N)C(C)N1CCCCC1=O. The van der Waals surface area contributed by atoms with Crippen molar-refractivity contribution in [3.63, 3.8) is 0 Å². The van der Waals surface area contributed by atoms with Gasteiger partial charge in [-0.05, 0) is 26.7 Å². The maximum absolute atomic E-state index is 11.4. The Bertz CT molecular complexity index is 168. The second-order valence-electron chi connectivity index (χ2n) is 3.64. The number of hydrogen-bond donors (Lipinski definition) is 1. The fourth-order valence-electron chi connectivity index (χ4n) is 1.54. The Hall–Kier alpha value is -0.570. The van der Waals surface area contributed by atoms with E-state index < -0.39 is 0 Å². The van der Waals surface area contributed by atoms with Crippen LogP contribution in [0.25, 0.3) is 0 Å². The maximum atomic E-state index is 11.4. The van der Waals surface area contributed by atoms with Gasteiger partial charge in [0.1, 0.15) is 0 Å². The van der Waals surface area contributed by atoms with Crippen LogP contribution in [0.4, 0.5) is 0 Å². The zero-order valence-corrected chi connectivity index (χ0v) is 7.92. The minimum absolute atomic E-state index is 0.0760. The number of amides is 1. The largest absolute Gasteiger partial charge is 0.338 e. The topological polar surface area (TPSA) is 46.3 Å². The van der Waals surface area contributed by atoms with Crippen LogP contribution in [-0.2, 0) is 4.79 Å². The summed E-state index contributed by atoms with van der Waals surface area (Å²) in [6.45, 7) is 4.86. The summed E-state index contributed by atoms with van der Waals surface area (Å²) in [5.41, 5.74) is 5.74. The van der Waals surface area contributed by atoms with Crippen molar-refractivity contribution in [3.8, 4) is 0 Å². The number of carbonyl (C=O) groups is 1. The van der Waals surface area contributed by atoms with E-state index in [9.17, 15) is 4.79 Å². The Morgan fingerprint density at radius 2 is 2.08 bits per heavy atom. The summed E-state index contributed by atoms with van der Waals surface area (Å²) >= 11 is 0. The molecule has 1 rings (SSSR count). The highest BCUT2D eigenvalue weighted by atomic mass is 16.2. The standard InChI is InChI=1S/C9H18N2O/c1-7(10)8(2)11-6-4-3-5-9(11)12/h7-8H,3-6,10H2,1-2H3. The first-order valence-electron chi connectivity index (χ1n) is 4.68. The van der Waals surface area contributed by atoms with E-state index in [1.54, 1.807) is 0 Å². The van der Waals surface area contributed by atoms with Crippen LogP contribution in [0.2, 0.25) is 0 Å². The summed E-state index contributed by atoms with van der Waals surface area (Å²) in [6, 6.07) is 0.268. The average molecular weight is 170 g/mol. The van der Waals surface area contributed by atoms with Crippen LogP contribution >= 0.6 is 0 Å². The molecular weight excluding hydrogens is 152 g/mol. The summed E-state index contributed by atoms with van der Waals surface area (Å²) in [4.78, 5) is 13.3. The molecule has 1 aliphatic heterocycles. The highest BCUT2D eigenvalue weighted by Crippen LogP contribution is 2.14. The van der Waals surface area contributed by atoms with E-state index >= 15 is 0 Å². The summed E-state index contributed by atoms with van der Waals surface area (Å²) < 4.78 is 0. The Kier molecular flexibility index (Phi) is 3.09. The molecule has 1 aliphatic rings. The number of piperidine rings is 1. The molecule has 0 aromatic rings. The lowest BCUT2D eigenvalue weighted by molar-refractivity contribution is -0.135. The average Bonchev–Trinajstić information content (AvgIpc) is 2.04.